The SMILES string of the molecule is c1ccc2c(c1)Oc1ccccc1C21c2ccccc2-c2cc(N(c3ccc(-c4ccc5c6ccccc6c6ccccc6c5c4)cc3)c3cccc4c3-c3ccccc3C43c4ccccc4Oc4ccccc43)ccc21. The third-order valence-electron chi connectivity index (χ3n) is 17.4. The highest BCUT2D eigenvalue weighted by molar-refractivity contribution is 6.25. The van der Waals surface area contributed by atoms with Gasteiger partial charge in [0.05, 0.1) is 16.5 Å². The molecule has 2 aliphatic carbocycles. The smallest absolute Gasteiger partial charge is 0.132 e. The van der Waals surface area contributed by atoms with E-state index in [1.165, 1.54) is 82.4 Å². The number of anilines is 3. The number of hydrogen-bond acceptors (Lipinski definition) is 3. The summed E-state index contributed by atoms with van der Waals surface area (Å²) in [4.78, 5) is 2.51. The van der Waals surface area contributed by atoms with Gasteiger partial charge < -0.3 is 14.4 Å². The van der Waals surface area contributed by atoms with Crippen molar-refractivity contribution in [1.29, 1.82) is 0 Å². The van der Waals surface area contributed by atoms with Gasteiger partial charge in [0.25, 0.3) is 0 Å². The van der Waals surface area contributed by atoms with Crippen LogP contribution in [0.2, 0.25) is 0 Å². The number of para-hydroxylation sites is 4. The maximum atomic E-state index is 6.77. The highest BCUT2D eigenvalue weighted by Crippen LogP contribution is 2.66. The molecular formula is C74H45NO2. The minimum Gasteiger partial charge on any atom is -0.457 e. The van der Waals surface area contributed by atoms with Crippen molar-refractivity contribution in [2.24, 2.45) is 0 Å². The summed E-state index contributed by atoms with van der Waals surface area (Å²) in [6.07, 6.45) is 0. The summed E-state index contributed by atoms with van der Waals surface area (Å²) in [6.45, 7) is 0. The predicted molar refractivity (Wildman–Crippen MR) is 314 cm³/mol. The first kappa shape index (κ1) is 42.4. The first-order valence-electron chi connectivity index (χ1n) is 26.6. The van der Waals surface area contributed by atoms with Gasteiger partial charge in [-0.3, -0.25) is 0 Å². The number of rotatable bonds is 4. The molecule has 358 valence electrons. The van der Waals surface area contributed by atoms with Gasteiger partial charge in [-0.25, -0.2) is 0 Å². The molecule has 0 bridgehead atoms. The van der Waals surface area contributed by atoms with Crippen molar-refractivity contribution in [3.8, 4) is 56.4 Å². The van der Waals surface area contributed by atoms with E-state index in [0.717, 1.165) is 67.9 Å². The second-order valence-electron chi connectivity index (χ2n) is 20.9. The van der Waals surface area contributed by atoms with E-state index in [9.17, 15) is 0 Å². The van der Waals surface area contributed by atoms with E-state index in [4.69, 9.17) is 9.47 Å². The van der Waals surface area contributed by atoms with Gasteiger partial charge in [-0.1, -0.05) is 212 Å². The van der Waals surface area contributed by atoms with Gasteiger partial charge in [0.2, 0.25) is 0 Å². The van der Waals surface area contributed by atoms with Crippen LogP contribution in [0.4, 0.5) is 17.1 Å². The van der Waals surface area contributed by atoms with E-state index in [1.807, 2.05) is 0 Å². The molecular weight excluding hydrogens is 935 g/mol. The lowest BCUT2D eigenvalue weighted by Gasteiger charge is -2.39. The number of nitrogens with zero attached hydrogens (tertiary/aromatic N) is 1. The maximum absolute atomic E-state index is 6.77. The lowest BCUT2D eigenvalue weighted by molar-refractivity contribution is 0.436. The molecule has 13 aromatic carbocycles. The molecule has 3 nitrogen and oxygen atoms in total. The summed E-state index contributed by atoms with van der Waals surface area (Å²) >= 11 is 0. The highest BCUT2D eigenvalue weighted by Gasteiger charge is 2.53. The van der Waals surface area contributed by atoms with Gasteiger partial charge in [-0.15, -0.1) is 0 Å². The van der Waals surface area contributed by atoms with E-state index in [2.05, 4.69) is 278 Å². The van der Waals surface area contributed by atoms with Crippen LogP contribution in [0.15, 0.2) is 273 Å². The van der Waals surface area contributed by atoms with E-state index in [-0.39, 0.29) is 0 Å². The summed E-state index contributed by atoms with van der Waals surface area (Å²) in [7, 11) is 0. The number of benzene rings is 13. The first-order valence-corrected chi connectivity index (χ1v) is 26.6. The molecule has 13 aromatic rings. The average Bonchev–Trinajstić information content (AvgIpc) is 4.21. The molecule has 0 amide bonds. The monoisotopic (exact) mass is 979 g/mol. The minimum atomic E-state index is -0.623. The summed E-state index contributed by atoms with van der Waals surface area (Å²) in [5.41, 5.74) is 18.8. The molecule has 2 heterocycles. The molecule has 2 aliphatic heterocycles. The molecule has 0 atom stereocenters. The van der Waals surface area contributed by atoms with Crippen molar-refractivity contribution in [3.05, 3.63) is 317 Å². The van der Waals surface area contributed by atoms with Gasteiger partial charge in [0.15, 0.2) is 0 Å². The van der Waals surface area contributed by atoms with Crippen LogP contribution in [0, 0.1) is 0 Å². The van der Waals surface area contributed by atoms with Gasteiger partial charge >= 0.3 is 0 Å². The van der Waals surface area contributed by atoms with Crippen molar-refractivity contribution in [2.45, 2.75) is 10.8 Å². The largest absolute Gasteiger partial charge is 0.457 e. The summed E-state index contributed by atoms with van der Waals surface area (Å²) in [5, 5.41) is 7.63. The molecule has 4 aliphatic rings. The topological polar surface area (TPSA) is 21.7 Å². The Kier molecular flexibility index (Phi) is 8.69. The lowest BCUT2D eigenvalue weighted by atomic mass is 9.66. The zero-order valence-corrected chi connectivity index (χ0v) is 41.7. The number of hydrogen-bond donors (Lipinski definition) is 0. The standard InChI is InChI=1S/C74H45NO2/c1-2-20-52-50(18-1)51-19-3-4-21-53(51)57-44-47(38-42-54(52)57)46-36-39-48(40-37-46)75(49-41-43-61-58(45-49)55-22-5-7-24-59(55)73(61)62-26-9-13-32-68(62)76-69-33-14-10-27-63(69)73)67-31-17-30-66-72(67)56-23-6-8-25-60(56)74(66)64-28-11-15-34-70(64)77-71-35-16-12-29-65(71)74/h1-45H. The average molecular weight is 980 g/mol. The third kappa shape index (κ3) is 5.59. The van der Waals surface area contributed by atoms with Crippen LogP contribution < -0.4 is 14.4 Å². The zero-order chi connectivity index (χ0) is 50.4. The molecule has 0 radical (unpaired) electrons. The van der Waals surface area contributed by atoms with Crippen LogP contribution in [-0.4, -0.2) is 0 Å². The Hall–Kier alpha value is -9.96. The molecule has 0 fully saturated rings. The van der Waals surface area contributed by atoms with Gasteiger partial charge in [-0.05, 0) is 143 Å². The zero-order valence-electron chi connectivity index (χ0n) is 41.7. The molecule has 77 heavy (non-hydrogen) atoms. The normalized spacial score (nSPS) is 14.1. The summed E-state index contributed by atoms with van der Waals surface area (Å²) in [5.74, 6) is 3.53. The van der Waals surface area contributed by atoms with E-state index in [1.54, 1.807) is 0 Å². The van der Waals surface area contributed by atoms with Crippen molar-refractivity contribution in [3.63, 3.8) is 0 Å². The molecule has 0 saturated heterocycles. The van der Waals surface area contributed by atoms with Crippen molar-refractivity contribution in [1.82, 2.24) is 0 Å². The third-order valence-corrected chi connectivity index (χ3v) is 17.4. The van der Waals surface area contributed by atoms with Gasteiger partial charge in [0, 0.05) is 39.2 Å². The molecule has 3 heteroatoms. The van der Waals surface area contributed by atoms with Gasteiger partial charge in [-0.2, -0.15) is 0 Å². The van der Waals surface area contributed by atoms with Crippen LogP contribution in [0.3, 0.4) is 0 Å². The minimum absolute atomic E-state index is 0.580. The van der Waals surface area contributed by atoms with Crippen molar-refractivity contribution < 1.29 is 9.47 Å². The molecule has 0 aromatic heterocycles. The highest BCUT2D eigenvalue weighted by atomic mass is 16.5. The van der Waals surface area contributed by atoms with Crippen LogP contribution in [-0.2, 0) is 10.8 Å². The molecule has 0 N–H and O–H groups in total. The quantitative estimate of drug-likeness (QED) is 0.164. The fourth-order valence-corrected chi connectivity index (χ4v) is 14.4. The summed E-state index contributed by atoms with van der Waals surface area (Å²) < 4.78 is 13.5. The van der Waals surface area contributed by atoms with Crippen molar-refractivity contribution in [2.75, 3.05) is 4.90 Å². The van der Waals surface area contributed by atoms with Crippen LogP contribution in [0.1, 0.15) is 44.5 Å². The molecule has 17 rings (SSSR count). The Morgan fingerprint density at radius 2 is 0.649 bits per heavy atom. The number of fused-ring (bicyclic) bond motifs is 24. The second kappa shape index (κ2) is 15.8. The van der Waals surface area contributed by atoms with E-state index >= 15 is 0 Å². The van der Waals surface area contributed by atoms with E-state index in [0.29, 0.717) is 0 Å². The molecule has 0 unspecified atom stereocenters. The Labute approximate surface area is 446 Å². The Balaban J connectivity index is 0.908. The lowest BCUT2D eigenvalue weighted by Crippen LogP contribution is -2.32. The Morgan fingerprint density at radius 1 is 0.247 bits per heavy atom. The maximum Gasteiger partial charge on any atom is 0.132 e. The van der Waals surface area contributed by atoms with Gasteiger partial charge in [0.1, 0.15) is 23.0 Å². The number of ether oxygens (including phenoxy) is 2. The van der Waals surface area contributed by atoms with E-state index < -0.39 is 10.8 Å². The van der Waals surface area contributed by atoms with Crippen LogP contribution in [0.5, 0.6) is 23.0 Å². The Morgan fingerprint density at radius 3 is 1.22 bits per heavy atom. The molecule has 0 saturated carbocycles. The Bertz CT molecular complexity index is 4540. The fourth-order valence-electron chi connectivity index (χ4n) is 14.4. The molecule has 2 spiro atoms. The predicted octanol–water partition coefficient (Wildman–Crippen LogP) is 19.2. The first-order chi connectivity index (χ1) is 38.2. The van der Waals surface area contributed by atoms with Crippen molar-refractivity contribution >= 4 is 49.4 Å². The summed E-state index contributed by atoms with van der Waals surface area (Å²) in [6, 6.07) is 101. The van der Waals surface area contributed by atoms with Crippen LogP contribution >= 0.6 is 0 Å². The second-order valence-corrected chi connectivity index (χ2v) is 20.9. The van der Waals surface area contributed by atoms with Crippen LogP contribution in [0.25, 0.3) is 65.7 Å². The fraction of sp³-hybridized carbons (Fsp3) is 0.0270.